The number of anilines is 1. The second kappa shape index (κ2) is 6.01. The van der Waals surface area contributed by atoms with E-state index in [2.05, 4.69) is 10.3 Å². The van der Waals surface area contributed by atoms with E-state index in [-0.39, 0.29) is 10.6 Å². The van der Waals surface area contributed by atoms with Crippen LogP contribution >= 0.6 is 11.8 Å². The fraction of sp³-hybridized carbons (Fsp3) is 0.545. The molecule has 1 aromatic rings. The first kappa shape index (κ1) is 13.1. The standard InChI is InChI=1S/C11H15N3O3S/c1-12-10-3-2-9(14(15)16)11(13-10)18-8-4-6-17-7-5-8/h2-3,8H,4-7H2,1H3,(H,12,13). The van der Waals surface area contributed by atoms with Crippen LogP contribution in [-0.2, 0) is 4.74 Å². The highest BCUT2D eigenvalue weighted by Crippen LogP contribution is 2.35. The molecule has 0 unspecified atom stereocenters. The van der Waals surface area contributed by atoms with Gasteiger partial charge in [-0.05, 0) is 18.9 Å². The average molecular weight is 269 g/mol. The Kier molecular flexibility index (Phi) is 4.38. The molecule has 2 heterocycles. The van der Waals surface area contributed by atoms with E-state index < -0.39 is 0 Å². The molecule has 0 aliphatic carbocycles. The number of rotatable bonds is 4. The number of hydrogen-bond acceptors (Lipinski definition) is 6. The molecule has 1 N–H and O–H groups in total. The Balaban J connectivity index is 2.19. The minimum atomic E-state index is -0.381. The zero-order valence-electron chi connectivity index (χ0n) is 10.1. The van der Waals surface area contributed by atoms with E-state index in [1.807, 2.05) is 0 Å². The van der Waals surface area contributed by atoms with Crippen molar-refractivity contribution < 1.29 is 9.66 Å². The number of nitrogens with one attached hydrogen (secondary N) is 1. The maximum atomic E-state index is 11.0. The highest BCUT2D eigenvalue weighted by molar-refractivity contribution is 8.00. The van der Waals surface area contributed by atoms with E-state index in [0.717, 1.165) is 26.1 Å². The fourth-order valence-electron chi connectivity index (χ4n) is 1.75. The zero-order chi connectivity index (χ0) is 13.0. The van der Waals surface area contributed by atoms with Crippen LogP contribution in [0.25, 0.3) is 0 Å². The molecule has 0 saturated carbocycles. The lowest BCUT2D eigenvalue weighted by Crippen LogP contribution is -2.17. The first-order valence-corrected chi connectivity index (χ1v) is 6.66. The van der Waals surface area contributed by atoms with Crippen molar-refractivity contribution in [2.24, 2.45) is 0 Å². The van der Waals surface area contributed by atoms with E-state index in [0.29, 0.717) is 16.1 Å². The van der Waals surface area contributed by atoms with E-state index in [9.17, 15) is 10.1 Å². The van der Waals surface area contributed by atoms with Crippen LogP contribution in [0.5, 0.6) is 0 Å². The van der Waals surface area contributed by atoms with Gasteiger partial charge in [0, 0.05) is 31.6 Å². The molecule has 0 radical (unpaired) electrons. The highest BCUT2D eigenvalue weighted by Gasteiger charge is 2.22. The lowest BCUT2D eigenvalue weighted by Gasteiger charge is -2.20. The lowest BCUT2D eigenvalue weighted by atomic mass is 10.2. The summed E-state index contributed by atoms with van der Waals surface area (Å²) < 4.78 is 5.28. The van der Waals surface area contributed by atoms with Crippen molar-refractivity contribution in [3.63, 3.8) is 0 Å². The number of hydrogen-bond donors (Lipinski definition) is 1. The molecular weight excluding hydrogens is 254 g/mol. The van der Waals surface area contributed by atoms with Gasteiger partial charge >= 0.3 is 5.69 Å². The van der Waals surface area contributed by atoms with Crippen molar-refractivity contribution in [2.75, 3.05) is 25.6 Å². The van der Waals surface area contributed by atoms with Gasteiger partial charge in [0.15, 0.2) is 5.03 Å². The Morgan fingerprint density at radius 1 is 1.50 bits per heavy atom. The summed E-state index contributed by atoms with van der Waals surface area (Å²) in [6.45, 7) is 1.44. The third-order valence-electron chi connectivity index (χ3n) is 2.74. The second-order valence-electron chi connectivity index (χ2n) is 3.96. The van der Waals surface area contributed by atoms with Gasteiger partial charge in [-0.15, -0.1) is 0 Å². The largest absolute Gasteiger partial charge is 0.381 e. The summed E-state index contributed by atoms with van der Waals surface area (Å²) in [5.74, 6) is 0.648. The van der Waals surface area contributed by atoms with Gasteiger partial charge in [0.2, 0.25) is 0 Å². The molecule has 0 atom stereocenters. The molecule has 7 heteroatoms. The van der Waals surface area contributed by atoms with Crippen molar-refractivity contribution in [1.82, 2.24) is 4.98 Å². The van der Waals surface area contributed by atoms with Crippen LogP contribution in [0.4, 0.5) is 11.5 Å². The quantitative estimate of drug-likeness (QED) is 0.667. The Bertz CT molecular complexity index is 436. The Hall–Kier alpha value is -1.34. The molecule has 0 bridgehead atoms. The van der Waals surface area contributed by atoms with Crippen LogP contribution in [0.3, 0.4) is 0 Å². The van der Waals surface area contributed by atoms with Crippen molar-refractivity contribution in [3.05, 3.63) is 22.2 Å². The fourth-order valence-corrected chi connectivity index (χ4v) is 2.91. The maximum Gasteiger partial charge on any atom is 0.301 e. The Morgan fingerprint density at radius 3 is 2.83 bits per heavy atom. The minimum Gasteiger partial charge on any atom is -0.381 e. The second-order valence-corrected chi connectivity index (χ2v) is 5.25. The van der Waals surface area contributed by atoms with Gasteiger partial charge in [-0.2, -0.15) is 0 Å². The minimum absolute atomic E-state index is 0.0745. The van der Waals surface area contributed by atoms with Gasteiger partial charge in [0.05, 0.1) is 4.92 Å². The van der Waals surface area contributed by atoms with Gasteiger partial charge in [0.1, 0.15) is 5.82 Å². The SMILES string of the molecule is CNc1ccc([N+](=O)[O-])c(SC2CCOCC2)n1. The van der Waals surface area contributed by atoms with Crippen LogP contribution < -0.4 is 5.32 Å². The molecule has 1 aromatic heterocycles. The molecule has 1 aliphatic rings. The zero-order valence-corrected chi connectivity index (χ0v) is 10.9. The Labute approximate surface area is 109 Å². The molecule has 0 spiro atoms. The molecule has 0 amide bonds. The molecule has 18 heavy (non-hydrogen) atoms. The number of nitro groups is 1. The van der Waals surface area contributed by atoms with Crippen molar-refractivity contribution in [2.45, 2.75) is 23.1 Å². The van der Waals surface area contributed by atoms with Crippen molar-refractivity contribution in [1.29, 1.82) is 0 Å². The number of thioether (sulfide) groups is 1. The van der Waals surface area contributed by atoms with E-state index in [4.69, 9.17) is 4.74 Å². The smallest absolute Gasteiger partial charge is 0.301 e. The van der Waals surface area contributed by atoms with Crippen molar-refractivity contribution >= 4 is 23.3 Å². The number of aromatic nitrogens is 1. The van der Waals surface area contributed by atoms with E-state index in [1.54, 1.807) is 13.1 Å². The molecule has 1 fully saturated rings. The Morgan fingerprint density at radius 2 is 2.22 bits per heavy atom. The van der Waals surface area contributed by atoms with E-state index >= 15 is 0 Å². The molecule has 98 valence electrons. The summed E-state index contributed by atoms with van der Waals surface area (Å²) in [7, 11) is 1.75. The van der Waals surface area contributed by atoms with Crippen LogP contribution in [0.2, 0.25) is 0 Å². The number of ether oxygens (including phenoxy) is 1. The summed E-state index contributed by atoms with van der Waals surface area (Å²) in [6, 6.07) is 3.12. The summed E-state index contributed by atoms with van der Waals surface area (Å²) in [4.78, 5) is 14.9. The molecular formula is C11H15N3O3S. The van der Waals surface area contributed by atoms with Crippen LogP contribution in [-0.4, -0.2) is 35.4 Å². The van der Waals surface area contributed by atoms with Crippen molar-refractivity contribution in [3.8, 4) is 0 Å². The molecule has 2 rings (SSSR count). The molecule has 6 nitrogen and oxygen atoms in total. The first-order valence-electron chi connectivity index (χ1n) is 5.78. The topological polar surface area (TPSA) is 77.3 Å². The molecule has 0 aromatic carbocycles. The number of nitrogens with zero attached hydrogens (tertiary/aromatic N) is 2. The van der Waals surface area contributed by atoms with E-state index in [1.165, 1.54) is 17.8 Å². The highest BCUT2D eigenvalue weighted by atomic mass is 32.2. The third kappa shape index (κ3) is 3.11. The predicted molar refractivity (Wildman–Crippen MR) is 70.1 cm³/mol. The van der Waals surface area contributed by atoms with Gasteiger partial charge in [-0.3, -0.25) is 10.1 Å². The van der Waals surface area contributed by atoms with Crippen LogP contribution in [0.15, 0.2) is 17.2 Å². The maximum absolute atomic E-state index is 11.0. The van der Waals surface area contributed by atoms with Crippen LogP contribution in [0.1, 0.15) is 12.8 Å². The summed E-state index contributed by atoms with van der Waals surface area (Å²) >= 11 is 1.48. The summed E-state index contributed by atoms with van der Waals surface area (Å²) in [5, 5.41) is 14.7. The molecule has 1 aliphatic heterocycles. The van der Waals surface area contributed by atoms with Gasteiger partial charge in [0.25, 0.3) is 0 Å². The van der Waals surface area contributed by atoms with Gasteiger partial charge in [-0.25, -0.2) is 4.98 Å². The van der Waals surface area contributed by atoms with Crippen LogP contribution in [0, 0.1) is 10.1 Å². The molecule has 1 saturated heterocycles. The normalized spacial score (nSPS) is 16.5. The number of pyridine rings is 1. The predicted octanol–water partition coefficient (Wildman–Crippen LogP) is 2.30. The third-order valence-corrected chi connectivity index (χ3v) is 4.07. The lowest BCUT2D eigenvalue weighted by molar-refractivity contribution is -0.388. The monoisotopic (exact) mass is 269 g/mol. The average Bonchev–Trinajstić information content (AvgIpc) is 2.39. The summed E-state index contributed by atoms with van der Waals surface area (Å²) in [6.07, 6.45) is 1.82. The van der Waals surface area contributed by atoms with Gasteiger partial charge < -0.3 is 10.1 Å². The summed E-state index contributed by atoms with van der Waals surface area (Å²) in [5.41, 5.74) is 0.0745. The first-order chi connectivity index (χ1) is 8.70. The van der Waals surface area contributed by atoms with Gasteiger partial charge in [-0.1, -0.05) is 11.8 Å².